The monoisotopic (exact) mass is 343 g/mol. The molecule has 0 spiro atoms. The summed E-state index contributed by atoms with van der Waals surface area (Å²) < 4.78 is 1.88. The van der Waals surface area contributed by atoms with Gasteiger partial charge in [-0.3, -0.25) is 0 Å². The molecule has 0 fully saturated rings. The lowest BCUT2D eigenvalue weighted by Gasteiger charge is -2.25. The van der Waals surface area contributed by atoms with Gasteiger partial charge in [-0.2, -0.15) is 5.10 Å². The lowest BCUT2D eigenvalue weighted by Crippen LogP contribution is -2.47. The van der Waals surface area contributed by atoms with Crippen molar-refractivity contribution >= 4 is 6.03 Å². The van der Waals surface area contributed by atoms with Crippen molar-refractivity contribution in [2.24, 2.45) is 0 Å². The molecular formula is C18H25N5O2. The standard InChI is InChI=1S/C18H25N5O2/c1-13-19-17-10-9-15(12-23(17)22-13)20-18(25)21-16(8-5-11-24)14-6-3-2-4-7-14/h2-4,6-7,15-16,24H,5,8-12H2,1H3,(H2,20,21,25). The van der Waals surface area contributed by atoms with Gasteiger partial charge in [-0.1, -0.05) is 30.3 Å². The second-order valence-electron chi connectivity index (χ2n) is 6.44. The molecule has 7 heteroatoms. The molecule has 1 aromatic heterocycles. The summed E-state index contributed by atoms with van der Waals surface area (Å²) in [7, 11) is 0. The van der Waals surface area contributed by atoms with E-state index in [2.05, 4.69) is 20.7 Å². The third kappa shape index (κ3) is 4.57. The molecule has 2 heterocycles. The van der Waals surface area contributed by atoms with Gasteiger partial charge in [0.15, 0.2) is 0 Å². The molecule has 134 valence electrons. The van der Waals surface area contributed by atoms with E-state index in [-0.39, 0.29) is 24.7 Å². The minimum Gasteiger partial charge on any atom is -0.396 e. The van der Waals surface area contributed by atoms with E-state index >= 15 is 0 Å². The number of fused-ring (bicyclic) bond motifs is 1. The van der Waals surface area contributed by atoms with Crippen molar-refractivity contribution in [3.05, 3.63) is 47.5 Å². The van der Waals surface area contributed by atoms with Crippen LogP contribution in [0, 0.1) is 6.92 Å². The quantitative estimate of drug-likeness (QED) is 0.744. The van der Waals surface area contributed by atoms with Crippen LogP contribution < -0.4 is 10.6 Å². The number of rotatable bonds is 6. The van der Waals surface area contributed by atoms with E-state index in [0.717, 1.165) is 30.1 Å². The van der Waals surface area contributed by atoms with E-state index in [1.807, 2.05) is 41.9 Å². The molecule has 3 rings (SSSR count). The first-order valence-corrected chi connectivity index (χ1v) is 8.79. The van der Waals surface area contributed by atoms with Gasteiger partial charge in [0, 0.05) is 13.0 Å². The number of hydrogen-bond donors (Lipinski definition) is 3. The number of carbonyl (C=O) groups excluding carboxylic acids is 1. The largest absolute Gasteiger partial charge is 0.396 e. The average molecular weight is 343 g/mol. The molecule has 2 amide bonds. The third-order valence-corrected chi connectivity index (χ3v) is 4.46. The Kier molecular flexibility index (Phi) is 5.65. The van der Waals surface area contributed by atoms with Crippen LogP contribution in [-0.2, 0) is 13.0 Å². The number of nitrogens with one attached hydrogen (secondary N) is 2. The smallest absolute Gasteiger partial charge is 0.315 e. The fraction of sp³-hybridized carbons (Fsp3) is 0.500. The van der Waals surface area contributed by atoms with Crippen LogP contribution in [-0.4, -0.2) is 38.6 Å². The highest BCUT2D eigenvalue weighted by molar-refractivity contribution is 5.74. The molecule has 1 aliphatic heterocycles. The normalized spacial score (nSPS) is 17.6. The fourth-order valence-corrected chi connectivity index (χ4v) is 3.24. The van der Waals surface area contributed by atoms with E-state index < -0.39 is 0 Å². The van der Waals surface area contributed by atoms with Gasteiger partial charge in [0.2, 0.25) is 0 Å². The maximum absolute atomic E-state index is 12.4. The summed E-state index contributed by atoms with van der Waals surface area (Å²) in [6.45, 7) is 2.64. The summed E-state index contributed by atoms with van der Waals surface area (Å²) in [6.07, 6.45) is 3.02. The fourth-order valence-electron chi connectivity index (χ4n) is 3.24. The zero-order chi connectivity index (χ0) is 17.6. The Morgan fingerprint density at radius 2 is 2.20 bits per heavy atom. The highest BCUT2D eigenvalue weighted by atomic mass is 16.3. The van der Waals surface area contributed by atoms with Crippen LogP contribution in [0.1, 0.15) is 42.5 Å². The highest BCUT2D eigenvalue weighted by Crippen LogP contribution is 2.18. The molecule has 3 N–H and O–H groups in total. The lowest BCUT2D eigenvalue weighted by atomic mass is 10.0. The minimum absolute atomic E-state index is 0.0443. The Morgan fingerprint density at radius 1 is 1.40 bits per heavy atom. The number of amides is 2. The zero-order valence-electron chi connectivity index (χ0n) is 14.5. The average Bonchev–Trinajstić information content (AvgIpc) is 2.98. The van der Waals surface area contributed by atoms with Crippen molar-refractivity contribution in [3.8, 4) is 0 Å². The van der Waals surface area contributed by atoms with Crippen molar-refractivity contribution < 1.29 is 9.90 Å². The van der Waals surface area contributed by atoms with Crippen LogP contribution in [0.2, 0.25) is 0 Å². The van der Waals surface area contributed by atoms with Gasteiger partial charge in [-0.05, 0) is 31.7 Å². The van der Waals surface area contributed by atoms with Crippen molar-refractivity contribution in [2.45, 2.75) is 51.2 Å². The Bertz CT molecular complexity index is 701. The molecule has 7 nitrogen and oxygen atoms in total. The lowest BCUT2D eigenvalue weighted by molar-refractivity contribution is 0.224. The zero-order valence-corrected chi connectivity index (χ0v) is 14.5. The Balaban J connectivity index is 1.58. The number of aliphatic hydroxyl groups excluding tert-OH is 1. The number of aliphatic hydroxyl groups is 1. The minimum atomic E-state index is -0.183. The van der Waals surface area contributed by atoms with Gasteiger partial charge < -0.3 is 15.7 Å². The van der Waals surface area contributed by atoms with Crippen LogP contribution >= 0.6 is 0 Å². The summed E-state index contributed by atoms with van der Waals surface area (Å²) in [5.74, 6) is 1.76. The highest BCUT2D eigenvalue weighted by Gasteiger charge is 2.23. The molecule has 0 saturated carbocycles. The number of aryl methyl sites for hydroxylation is 2. The maximum Gasteiger partial charge on any atom is 0.315 e. The molecule has 1 aliphatic rings. The first-order valence-electron chi connectivity index (χ1n) is 8.79. The summed E-state index contributed by atoms with van der Waals surface area (Å²) in [6, 6.07) is 9.60. The first-order chi connectivity index (χ1) is 12.2. The number of hydrogen-bond acceptors (Lipinski definition) is 4. The van der Waals surface area contributed by atoms with Gasteiger partial charge in [-0.25, -0.2) is 14.5 Å². The molecule has 25 heavy (non-hydrogen) atoms. The van der Waals surface area contributed by atoms with E-state index in [1.165, 1.54) is 0 Å². The Morgan fingerprint density at radius 3 is 2.96 bits per heavy atom. The van der Waals surface area contributed by atoms with E-state index in [0.29, 0.717) is 19.4 Å². The van der Waals surface area contributed by atoms with E-state index in [1.54, 1.807) is 0 Å². The second-order valence-corrected chi connectivity index (χ2v) is 6.44. The Labute approximate surface area is 147 Å². The van der Waals surface area contributed by atoms with E-state index in [9.17, 15) is 4.79 Å². The predicted octanol–water partition coefficient (Wildman–Crippen LogP) is 1.71. The van der Waals surface area contributed by atoms with Crippen LogP contribution in [0.25, 0.3) is 0 Å². The van der Waals surface area contributed by atoms with Gasteiger partial charge in [0.05, 0.1) is 18.6 Å². The number of nitrogens with zero attached hydrogens (tertiary/aromatic N) is 3. The van der Waals surface area contributed by atoms with Crippen LogP contribution in [0.4, 0.5) is 4.79 Å². The van der Waals surface area contributed by atoms with Crippen molar-refractivity contribution in [1.29, 1.82) is 0 Å². The molecule has 2 aromatic rings. The van der Waals surface area contributed by atoms with Gasteiger partial charge >= 0.3 is 6.03 Å². The van der Waals surface area contributed by atoms with Crippen molar-refractivity contribution in [2.75, 3.05) is 6.61 Å². The maximum atomic E-state index is 12.4. The number of carbonyl (C=O) groups is 1. The Hall–Kier alpha value is -2.41. The first kappa shape index (κ1) is 17.4. The molecule has 2 atom stereocenters. The molecule has 0 saturated heterocycles. The topological polar surface area (TPSA) is 92.1 Å². The number of aromatic nitrogens is 3. The SMILES string of the molecule is Cc1nc2n(n1)CC(NC(=O)NC(CCCO)c1ccccc1)CC2. The molecular weight excluding hydrogens is 318 g/mol. The number of urea groups is 1. The van der Waals surface area contributed by atoms with Crippen LogP contribution in [0.5, 0.6) is 0 Å². The predicted molar refractivity (Wildman–Crippen MR) is 94.0 cm³/mol. The molecule has 0 aliphatic carbocycles. The number of benzene rings is 1. The molecule has 0 bridgehead atoms. The summed E-state index contributed by atoms with van der Waals surface area (Å²) in [5.41, 5.74) is 1.05. The summed E-state index contributed by atoms with van der Waals surface area (Å²) in [5, 5.41) is 19.6. The molecule has 1 aromatic carbocycles. The molecule has 0 radical (unpaired) electrons. The third-order valence-electron chi connectivity index (χ3n) is 4.46. The van der Waals surface area contributed by atoms with E-state index in [4.69, 9.17) is 5.11 Å². The van der Waals surface area contributed by atoms with Crippen LogP contribution in [0.15, 0.2) is 30.3 Å². The van der Waals surface area contributed by atoms with Crippen molar-refractivity contribution in [1.82, 2.24) is 25.4 Å². The van der Waals surface area contributed by atoms with Crippen LogP contribution in [0.3, 0.4) is 0 Å². The summed E-state index contributed by atoms with van der Waals surface area (Å²) in [4.78, 5) is 16.8. The van der Waals surface area contributed by atoms with Crippen molar-refractivity contribution in [3.63, 3.8) is 0 Å². The van der Waals surface area contributed by atoms with Gasteiger partial charge in [0.1, 0.15) is 11.6 Å². The van der Waals surface area contributed by atoms with Gasteiger partial charge in [-0.15, -0.1) is 0 Å². The second kappa shape index (κ2) is 8.11. The summed E-state index contributed by atoms with van der Waals surface area (Å²) >= 11 is 0. The van der Waals surface area contributed by atoms with Gasteiger partial charge in [0.25, 0.3) is 0 Å². The molecule has 2 unspecified atom stereocenters.